The lowest BCUT2D eigenvalue weighted by atomic mass is 10.2. The smallest absolute Gasteiger partial charge is 0.304 e. The summed E-state index contributed by atoms with van der Waals surface area (Å²) < 4.78 is 3.18. The van der Waals surface area contributed by atoms with Crippen LogP contribution in [-0.2, 0) is 13.1 Å². The normalized spacial score (nSPS) is 10.8. The molecular weight excluding hydrogens is 428 g/mol. The first-order valence-corrected chi connectivity index (χ1v) is 10.1. The molecule has 1 N–H and O–H groups in total. The summed E-state index contributed by atoms with van der Waals surface area (Å²) in [4.78, 5) is 23.3. The van der Waals surface area contributed by atoms with Gasteiger partial charge in [-0.3, -0.25) is 24.3 Å². The largest absolute Gasteiger partial charge is 0.307 e. The Kier molecular flexibility index (Phi) is 5.59. The Hall–Kier alpha value is -3.50. The van der Waals surface area contributed by atoms with E-state index in [-0.39, 0.29) is 11.6 Å². The average molecular weight is 443 g/mol. The number of hydrogen-bond acceptors (Lipinski definition) is 6. The number of aromatic nitrogens is 4. The summed E-state index contributed by atoms with van der Waals surface area (Å²) in [5.74, 6) is 0.182. The minimum absolute atomic E-state index is 0.0719. The molecule has 4 rings (SSSR count). The van der Waals surface area contributed by atoms with Gasteiger partial charge < -0.3 is 5.32 Å². The van der Waals surface area contributed by atoms with Gasteiger partial charge in [0.25, 0.3) is 5.91 Å². The second-order valence-corrected chi connectivity index (χ2v) is 7.80. The van der Waals surface area contributed by atoms with Gasteiger partial charge >= 0.3 is 5.69 Å². The molecule has 0 atom stereocenters. The first-order chi connectivity index (χ1) is 14.5. The Morgan fingerprint density at radius 2 is 1.93 bits per heavy atom. The number of hydrogen-bond donors (Lipinski definition) is 1. The summed E-state index contributed by atoms with van der Waals surface area (Å²) in [7, 11) is 0. The quantitative estimate of drug-likeness (QED) is 0.343. The Balaban J connectivity index is 1.36. The molecule has 0 fully saturated rings. The van der Waals surface area contributed by atoms with Crippen LogP contribution in [0.25, 0.3) is 0 Å². The number of benzene rings is 1. The van der Waals surface area contributed by atoms with Crippen LogP contribution in [-0.4, -0.2) is 30.4 Å². The van der Waals surface area contributed by atoms with Crippen molar-refractivity contribution in [1.29, 1.82) is 0 Å². The molecular formula is C19H15ClN6O3S. The zero-order valence-corrected chi connectivity index (χ0v) is 17.0. The molecule has 0 aliphatic carbocycles. The van der Waals surface area contributed by atoms with Crippen LogP contribution in [0.2, 0.25) is 5.02 Å². The van der Waals surface area contributed by atoms with Crippen LogP contribution in [0.5, 0.6) is 0 Å². The van der Waals surface area contributed by atoms with Crippen molar-refractivity contribution in [3.8, 4) is 0 Å². The summed E-state index contributed by atoms with van der Waals surface area (Å²) in [5.41, 5.74) is 1.80. The Bertz CT molecular complexity index is 1200. The van der Waals surface area contributed by atoms with Crippen LogP contribution in [0, 0.1) is 10.1 Å². The van der Waals surface area contributed by atoms with Crippen molar-refractivity contribution in [3.05, 3.63) is 91.5 Å². The number of nitro groups is 1. The highest BCUT2D eigenvalue weighted by molar-refractivity contribution is 7.12. The van der Waals surface area contributed by atoms with E-state index in [9.17, 15) is 14.9 Å². The summed E-state index contributed by atoms with van der Waals surface area (Å²) in [6.07, 6.45) is 4.33. The third kappa shape index (κ3) is 4.73. The van der Waals surface area contributed by atoms with Crippen LogP contribution in [0.3, 0.4) is 0 Å². The third-order valence-electron chi connectivity index (χ3n) is 4.19. The number of rotatable bonds is 7. The number of carbonyl (C=O) groups is 1. The minimum Gasteiger partial charge on any atom is -0.304 e. The topological polar surface area (TPSA) is 108 Å². The SMILES string of the molecule is O=C(Nc1ccn(Cc2ccc(Cl)cc2)n1)c1cc(Cn2cc([N+](=O)[O-])cn2)cs1. The molecule has 1 aromatic carbocycles. The van der Waals surface area contributed by atoms with Gasteiger partial charge in [-0.05, 0) is 34.7 Å². The van der Waals surface area contributed by atoms with Crippen molar-refractivity contribution in [2.24, 2.45) is 0 Å². The van der Waals surface area contributed by atoms with Crippen LogP contribution in [0.1, 0.15) is 20.8 Å². The lowest BCUT2D eigenvalue weighted by Crippen LogP contribution is -2.11. The summed E-state index contributed by atoms with van der Waals surface area (Å²) in [5, 5.41) is 24.3. The van der Waals surface area contributed by atoms with Crippen LogP contribution in [0.4, 0.5) is 11.5 Å². The van der Waals surface area contributed by atoms with Crippen molar-refractivity contribution in [2.45, 2.75) is 13.1 Å². The predicted octanol–water partition coefficient (Wildman–Crippen LogP) is 4.05. The van der Waals surface area contributed by atoms with E-state index in [2.05, 4.69) is 15.5 Å². The van der Waals surface area contributed by atoms with Crippen LogP contribution >= 0.6 is 22.9 Å². The molecule has 11 heteroatoms. The first kappa shape index (κ1) is 19.8. The highest BCUT2D eigenvalue weighted by Crippen LogP contribution is 2.19. The highest BCUT2D eigenvalue weighted by Gasteiger charge is 2.13. The van der Waals surface area contributed by atoms with Crippen molar-refractivity contribution in [2.75, 3.05) is 5.32 Å². The second kappa shape index (κ2) is 8.47. The molecule has 0 aliphatic heterocycles. The molecule has 0 radical (unpaired) electrons. The van der Waals surface area contributed by atoms with Crippen molar-refractivity contribution in [3.63, 3.8) is 0 Å². The number of nitrogens with one attached hydrogen (secondary N) is 1. The molecule has 30 heavy (non-hydrogen) atoms. The molecule has 0 saturated heterocycles. The second-order valence-electron chi connectivity index (χ2n) is 6.45. The Labute approximate surface area is 179 Å². The molecule has 3 heterocycles. The molecule has 1 amide bonds. The zero-order chi connectivity index (χ0) is 21.1. The summed E-state index contributed by atoms with van der Waals surface area (Å²) in [6, 6.07) is 10.9. The summed E-state index contributed by atoms with van der Waals surface area (Å²) >= 11 is 7.18. The van der Waals surface area contributed by atoms with Crippen LogP contribution < -0.4 is 5.32 Å². The number of thiophene rings is 1. The molecule has 9 nitrogen and oxygen atoms in total. The van der Waals surface area contributed by atoms with E-state index in [0.29, 0.717) is 28.8 Å². The van der Waals surface area contributed by atoms with Gasteiger partial charge in [0.05, 0.1) is 22.9 Å². The van der Waals surface area contributed by atoms with Crippen molar-refractivity contribution < 1.29 is 9.72 Å². The monoisotopic (exact) mass is 442 g/mol. The van der Waals surface area contributed by atoms with Gasteiger partial charge in [-0.15, -0.1) is 11.3 Å². The average Bonchev–Trinajstić information content (AvgIpc) is 3.46. The van der Waals surface area contributed by atoms with E-state index in [0.717, 1.165) is 11.1 Å². The van der Waals surface area contributed by atoms with E-state index in [1.165, 1.54) is 28.4 Å². The fourth-order valence-corrected chi connectivity index (χ4v) is 3.69. The number of anilines is 1. The molecule has 0 aliphatic rings. The molecule has 0 spiro atoms. The van der Waals surface area contributed by atoms with Crippen molar-refractivity contribution >= 4 is 40.4 Å². The fourth-order valence-electron chi connectivity index (χ4n) is 2.77. The molecule has 4 aromatic rings. The number of amides is 1. The molecule has 152 valence electrons. The fraction of sp³-hybridized carbons (Fsp3) is 0.105. The lowest BCUT2D eigenvalue weighted by molar-refractivity contribution is -0.385. The van der Waals surface area contributed by atoms with E-state index in [1.807, 2.05) is 29.6 Å². The number of halogens is 1. The van der Waals surface area contributed by atoms with E-state index >= 15 is 0 Å². The van der Waals surface area contributed by atoms with E-state index < -0.39 is 4.92 Å². The van der Waals surface area contributed by atoms with Crippen LogP contribution in [0.15, 0.2) is 60.4 Å². The number of carbonyl (C=O) groups excluding carboxylic acids is 1. The van der Waals surface area contributed by atoms with Gasteiger partial charge in [0.2, 0.25) is 0 Å². The molecule has 0 unspecified atom stereocenters. The van der Waals surface area contributed by atoms with Gasteiger partial charge in [0.15, 0.2) is 5.82 Å². The van der Waals surface area contributed by atoms with Gasteiger partial charge in [-0.2, -0.15) is 10.2 Å². The maximum absolute atomic E-state index is 12.5. The maximum atomic E-state index is 12.5. The highest BCUT2D eigenvalue weighted by atomic mass is 35.5. The first-order valence-electron chi connectivity index (χ1n) is 8.80. The molecule has 3 aromatic heterocycles. The molecule has 0 saturated carbocycles. The van der Waals surface area contributed by atoms with Gasteiger partial charge in [0.1, 0.15) is 12.4 Å². The van der Waals surface area contributed by atoms with Gasteiger partial charge in [-0.25, -0.2) is 0 Å². The number of nitrogens with zero attached hydrogens (tertiary/aromatic N) is 5. The Morgan fingerprint density at radius 3 is 2.67 bits per heavy atom. The Morgan fingerprint density at radius 1 is 1.17 bits per heavy atom. The standard InChI is InChI=1S/C19H15ClN6O3S/c20-15-3-1-13(2-4-15)9-24-6-5-18(23-24)22-19(27)17-7-14(12-30-17)10-25-11-16(8-21-25)26(28)29/h1-8,11-12H,9-10H2,(H,22,23,27). The predicted molar refractivity (Wildman–Crippen MR) is 113 cm³/mol. The summed E-state index contributed by atoms with van der Waals surface area (Å²) in [6.45, 7) is 0.902. The van der Waals surface area contributed by atoms with E-state index in [1.54, 1.807) is 23.0 Å². The lowest BCUT2D eigenvalue weighted by Gasteiger charge is -2.02. The van der Waals surface area contributed by atoms with Gasteiger partial charge in [-0.1, -0.05) is 23.7 Å². The maximum Gasteiger partial charge on any atom is 0.307 e. The third-order valence-corrected chi connectivity index (χ3v) is 5.42. The minimum atomic E-state index is -0.498. The van der Waals surface area contributed by atoms with Gasteiger partial charge in [0, 0.05) is 17.3 Å². The van der Waals surface area contributed by atoms with Crippen molar-refractivity contribution in [1.82, 2.24) is 19.6 Å². The van der Waals surface area contributed by atoms with E-state index in [4.69, 9.17) is 11.6 Å². The molecule has 0 bridgehead atoms. The zero-order valence-electron chi connectivity index (χ0n) is 15.4.